The fraction of sp³-hybridized carbons (Fsp3) is 0.500. The van der Waals surface area contributed by atoms with E-state index in [9.17, 15) is 14.4 Å². The monoisotopic (exact) mass is 158 g/mol. The van der Waals surface area contributed by atoms with Crippen LogP contribution >= 0.6 is 0 Å². The van der Waals surface area contributed by atoms with E-state index in [1.54, 1.807) is 0 Å². The largest absolute Gasteiger partial charge is 0.439 e. The molecule has 11 heavy (non-hydrogen) atoms. The van der Waals surface area contributed by atoms with Crippen molar-refractivity contribution in [1.82, 2.24) is 0 Å². The zero-order valence-corrected chi connectivity index (χ0v) is 6.04. The van der Waals surface area contributed by atoms with Gasteiger partial charge < -0.3 is 9.47 Å². The van der Waals surface area contributed by atoms with Gasteiger partial charge >= 0.3 is 17.9 Å². The molecule has 1 saturated heterocycles. The summed E-state index contributed by atoms with van der Waals surface area (Å²) in [6.45, 7) is 2.69. The first-order valence-corrected chi connectivity index (χ1v) is 2.93. The zero-order chi connectivity index (χ0) is 8.65. The van der Waals surface area contributed by atoms with E-state index in [1.165, 1.54) is 13.8 Å². The van der Waals surface area contributed by atoms with E-state index in [4.69, 9.17) is 0 Å². The molecule has 0 amide bonds. The van der Waals surface area contributed by atoms with Gasteiger partial charge in [-0.1, -0.05) is 0 Å². The van der Waals surface area contributed by atoms with Gasteiger partial charge in [0, 0.05) is 0 Å². The van der Waals surface area contributed by atoms with Gasteiger partial charge in [-0.15, -0.1) is 0 Å². The molecule has 1 aliphatic heterocycles. The van der Waals surface area contributed by atoms with Crippen LogP contribution in [-0.4, -0.2) is 23.5 Å². The fourth-order valence-corrected chi connectivity index (χ4v) is 0.564. The van der Waals surface area contributed by atoms with Crippen molar-refractivity contribution in [2.45, 2.75) is 19.4 Å². The van der Waals surface area contributed by atoms with Gasteiger partial charge in [0.1, 0.15) is 0 Å². The predicted molar refractivity (Wildman–Crippen MR) is 31.3 cm³/mol. The molecule has 0 atom stereocenters. The van der Waals surface area contributed by atoms with Crippen molar-refractivity contribution in [3.8, 4) is 0 Å². The van der Waals surface area contributed by atoms with Crippen LogP contribution in [0.1, 0.15) is 13.8 Å². The number of carbonyl (C=O) groups is 3. The molecule has 0 radical (unpaired) electrons. The normalized spacial score (nSPS) is 22.5. The lowest BCUT2D eigenvalue weighted by molar-refractivity contribution is -0.200. The molecule has 5 nitrogen and oxygen atoms in total. The van der Waals surface area contributed by atoms with Crippen LogP contribution in [0.5, 0.6) is 0 Å². The molecule has 0 spiro atoms. The van der Waals surface area contributed by atoms with Gasteiger partial charge in [0.05, 0.1) is 0 Å². The summed E-state index contributed by atoms with van der Waals surface area (Å²) >= 11 is 0. The van der Waals surface area contributed by atoms with E-state index in [0.717, 1.165) is 0 Å². The molecule has 0 aromatic rings. The third kappa shape index (κ3) is 1.21. The molecule has 0 aromatic heterocycles. The van der Waals surface area contributed by atoms with Crippen molar-refractivity contribution in [2.24, 2.45) is 0 Å². The average Bonchev–Trinajstić information content (AvgIpc) is 1.83. The SMILES string of the molecule is CC1(C)OC(=O)C(=O)OC1=O. The lowest BCUT2D eigenvalue weighted by Gasteiger charge is -2.25. The van der Waals surface area contributed by atoms with Crippen molar-refractivity contribution in [2.75, 3.05) is 0 Å². The van der Waals surface area contributed by atoms with E-state index < -0.39 is 23.5 Å². The van der Waals surface area contributed by atoms with Crippen LogP contribution in [0.2, 0.25) is 0 Å². The number of esters is 3. The lowest BCUT2D eigenvalue weighted by Crippen LogP contribution is -2.47. The second-order valence-electron chi connectivity index (χ2n) is 2.58. The molecule has 0 bridgehead atoms. The molecule has 1 rings (SSSR count). The van der Waals surface area contributed by atoms with Crippen LogP contribution in [0.3, 0.4) is 0 Å². The minimum absolute atomic E-state index is 0.845. The van der Waals surface area contributed by atoms with Crippen LogP contribution in [0.25, 0.3) is 0 Å². The Labute approximate surface area is 62.3 Å². The Hall–Kier alpha value is -1.39. The van der Waals surface area contributed by atoms with Gasteiger partial charge in [-0.2, -0.15) is 0 Å². The molecule has 0 unspecified atom stereocenters. The molecule has 0 aliphatic carbocycles. The van der Waals surface area contributed by atoms with Gasteiger partial charge in [0.25, 0.3) is 0 Å². The predicted octanol–water partition coefficient (Wildman–Crippen LogP) is -0.608. The van der Waals surface area contributed by atoms with E-state index in [-0.39, 0.29) is 0 Å². The molecule has 60 valence electrons. The topological polar surface area (TPSA) is 69.7 Å². The molecule has 1 aliphatic rings. The number of carbonyl (C=O) groups excluding carboxylic acids is 3. The van der Waals surface area contributed by atoms with Crippen molar-refractivity contribution < 1.29 is 23.9 Å². The molecule has 1 fully saturated rings. The Morgan fingerprint density at radius 1 is 1.09 bits per heavy atom. The van der Waals surface area contributed by atoms with Gasteiger partial charge in [0.2, 0.25) is 5.60 Å². The third-order valence-corrected chi connectivity index (χ3v) is 1.19. The highest BCUT2D eigenvalue weighted by molar-refractivity contribution is 6.33. The molecule has 0 aromatic carbocycles. The first-order valence-electron chi connectivity index (χ1n) is 2.93. The van der Waals surface area contributed by atoms with Crippen LogP contribution in [0, 0.1) is 0 Å². The summed E-state index contributed by atoms with van der Waals surface area (Å²) in [6.07, 6.45) is 0. The molecule has 0 saturated carbocycles. The summed E-state index contributed by atoms with van der Waals surface area (Å²) in [4.78, 5) is 31.6. The quantitative estimate of drug-likeness (QED) is 0.267. The second kappa shape index (κ2) is 2.05. The maximum Gasteiger partial charge on any atom is 0.425 e. The zero-order valence-electron chi connectivity index (χ0n) is 6.04. The van der Waals surface area contributed by atoms with Gasteiger partial charge in [0.15, 0.2) is 0 Å². The van der Waals surface area contributed by atoms with Crippen LogP contribution in [0.15, 0.2) is 0 Å². The van der Waals surface area contributed by atoms with Crippen molar-refractivity contribution in [1.29, 1.82) is 0 Å². The Balaban J connectivity index is 2.87. The van der Waals surface area contributed by atoms with Gasteiger partial charge in [-0.05, 0) is 13.8 Å². The highest BCUT2D eigenvalue weighted by Gasteiger charge is 2.43. The van der Waals surface area contributed by atoms with E-state index >= 15 is 0 Å². The lowest BCUT2D eigenvalue weighted by atomic mass is 10.1. The Morgan fingerprint density at radius 3 is 2.09 bits per heavy atom. The Morgan fingerprint density at radius 2 is 1.64 bits per heavy atom. The van der Waals surface area contributed by atoms with E-state index in [1.807, 2.05) is 0 Å². The third-order valence-electron chi connectivity index (χ3n) is 1.19. The van der Waals surface area contributed by atoms with Crippen molar-refractivity contribution >= 4 is 17.9 Å². The summed E-state index contributed by atoms with van der Waals surface area (Å²) in [5.74, 6) is -3.23. The first kappa shape index (κ1) is 7.71. The van der Waals surface area contributed by atoms with Crippen LogP contribution < -0.4 is 0 Å². The van der Waals surface area contributed by atoms with Crippen LogP contribution in [0.4, 0.5) is 0 Å². The maximum atomic E-state index is 10.8. The maximum absolute atomic E-state index is 10.8. The van der Waals surface area contributed by atoms with Crippen molar-refractivity contribution in [3.63, 3.8) is 0 Å². The van der Waals surface area contributed by atoms with Gasteiger partial charge in [-0.25, -0.2) is 14.4 Å². The number of cyclic esters (lactones) is 3. The van der Waals surface area contributed by atoms with E-state index in [0.29, 0.717) is 0 Å². The first-order chi connectivity index (χ1) is 4.93. The van der Waals surface area contributed by atoms with Crippen molar-refractivity contribution in [3.05, 3.63) is 0 Å². The summed E-state index contributed by atoms with van der Waals surface area (Å²) < 4.78 is 8.50. The minimum Gasteiger partial charge on any atom is -0.439 e. The molecular formula is C6H6O5. The number of rotatable bonds is 0. The molecular weight excluding hydrogens is 152 g/mol. The van der Waals surface area contributed by atoms with Crippen LogP contribution in [-0.2, 0) is 23.9 Å². The summed E-state index contributed by atoms with van der Waals surface area (Å²) in [6, 6.07) is 0. The Bertz CT molecular complexity index is 239. The van der Waals surface area contributed by atoms with E-state index in [2.05, 4.69) is 9.47 Å². The van der Waals surface area contributed by atoms with Gasteiger partial charge in [-0.3, -0.25) is 0 Å². The molecule has 1 heterocycles. The highest BCUT2D eigenvalue weighted by atomic mass is 16.7. The number of hydrogen-bond donors (Lipinski definition) is 0. The smallest absolute Gasteiger partial charge is 0.425 e. The number of hydrogen-bond acceptors (Lipinski definition) is 5. The minimum atomic E-state index is -1.34. The standard InChI is InChI=1S/C6H6O5/c1-6(2)5(9)10-3(7)4(8)11-6/h1-2H3. The molecule has 0 N–H and O–H groups in total. The summed E-state index contributed by atoms with van der Waals surface area (Å²) in [5, 5.41) is 0. The second-order valence-corrected chi connectivity index (χ2v) is 2.58. The Kier molecular flexibility index (Phi) is 1.44. The average molecular weight is 158 g/mol. The highest BCUT2D eigenvalue weighted by Crippen LogP contribution is 2.16. The number of ether oxygens (including phenoxy) is 2. The summed E-state index contributed by atoms with van der Waals surface area (Å²) in [7, 11) is 0. The summed E-state index contributed by atoms with van der Waals surface area (Å²) in [5.41, 5.74) is -1.34. The fourth-order valence-electron chi connectivity index (χ4n) is 0.564. The molecule has 5 heteroatoms.